The minimum atomic E-state index is -0.425. The third kappa shape index (κ3) is 3.67. The second-order valence-electron chi connectivity index (χ2n) is 6.02. The Balaban J connectivity index is 2.14. The van der Waals surface area contributed by atoms with Gasteiger partial charge in [0.2, 0.25) is 0 Å². The first kappa shape index (κ1) is 16.1. The summed E-state index contributed by atoms with van der Waals surface area (Å²) in [7, 11) is 0. The molecule has 2 atom stereocenters. The Bertz CT molecular complexity index is 444. The third-order valence-corrected chi connectivity index (χ3v) is 5.13. The smallest absolute Gasteiger partial charge is 0.0649 e. The predicted octanol–water partition coefficient (Wildman–Crippen LogP) is 4.22. The summed E-state index contributed by atoms with van der Waals surface area (Å²) in [6.45, 7) is 2.67. The Hall–Kier alpha value is -0.280. The van der Waals surface area contributed by atoms with Crippen LogP contribution < -0.4 is 5.73 Å². The van der Waals surface area contributed by atoms with Gasteiger partial charge in [0.1, 0.15) is 0 Å². The zero-order valence-corrected chi connectivity index (χ0v) is 13.4. The van der Waals surface area contributed by atoms with Gasteiger partial charge < -0.3 is 10.8 Å². The molecular weight excluding hydrogens is 293 g/mol. The molecule has 4 heteroatoms. The van der Waals surface area contributed by atoms with Gasteiger partial charge in [-0.1, -0.05) is 49.0 Å². The monoisotopic (exact) mass is 315 g/mol. The average molecular weight is 316 g/mol. The molecule has 2 rings (SSSR count). The summed E-state index contributed by atoms with van der Waals surface area (Å²) in [5, 5.41) is 11.9. The van der Waals surface area contributed by atoms with Crippen LogP contribution in [0.25, 0.3) is 0 Å². The minimum Gasteiger partial charge on any atom is -0.392 e. The summed E-state index contributed by atoms with van der Waals surface area (Å²) in [6, 6.07) is 5.41. The first-order valence-electron chi connectivity index (χ1n) is 7.36. The zero-order chi connectivity index (χ0) is 14.7. The maximum Gasteiger partial charge on any atom is 0.0649 e. The van der Waals surface area contributed by atoms with Gasteiger partial charge in [-0.2, -0.15) is 0 Å². The number of nitrogens with two attached hydrogens (primary N) is 1. The van der Waals surface area contributed by atoms with Crippen LogP contribution in [0.15, 0.2) is 18.2 Å². The van der Waals surface area contributed by atoms with E-state index in [4.69, 9.17) is 28.9 Å². The van der Waals surface area contributed by atoms with Crippen LogP contribution in [0, 0.1) is 11.8 Å². The average Bonchev–Trinajstić information content (AvgIpc) is 2.42. The molecule has 112 valence electrons. The summed E-state index contributed by atoms with van der Waals surface area (Å²) < 4.78 is 0. The second kappa shape index (κ2) is 7.13. The Morgan fingerprint density at radius 1 is 1.25 bits per heavy atom. The maximum atomic E-state index is 10.7. The molecule has 20 heavy (non-hydrogen) atoms. The lowest BCUT2D eigenvalue weighted by molar-refractivity contribution is 0.0548. The van der Waals surface area contributed by atoms with Crippen molar-refractivity contribution in [2.75, 3.05) is 6.54 Å². The van der Waals surface area contributed by atoms with Crippen LogP contribution in [-0.4, -0.2) is 17.8 Å². The van der Waals surface area contributed by atoms with E-state index < -0.39 is 6.10 Å². The molecule has 1 aliphatic rings. The van der Waals surface area contributed by atoms with Gasteiger partial charge in [0, 0.05) is 22.5 Å². The highest BCUT2D eigenvalue weighted by molar-refractivity contribution is 6.35. The molecule has 1 saturated carbocycles. The fraction of sp³-hybridized carbons (Fsp3) is 0.625. The normalized spacial score (nSPS) is 26.2. The topological polar surface area (TPSA) is 46.2 Å². The van der Waals surface area contributed by atoms with Crippen molar-refractivity contribution >= 4 is 23.2 Å². The van der Waals surface area contributed by atoms with Gasteiger partial charge in [-0.15, -0.1) is 0 Å². The summed E-state index contributed by atoms with van der Waals surface area (Å²) in [6.07, 6.45) is 4.10. The lowest BCUT2D eigenvalue weighted by Crippen LogP contribution is -2.34. The van der Waals surface area contributed by atoms with Crippen LogP contribution in [0.5, 0.6) is 0 Å². The number of hydrogen-bond acceptors (Lipinski definition) is 2. The second-order valence-corrected chi connectivity index (χ2v) is 6.86. The molecule has 3 N–H and O–H groups in total. The molecule has 1 aromatic rings. The fourth-order valence-electron chi connectivity index (χ4n) is 3.21. The van der Waals surface area contributed by atoms with Crippen molar-refractivity contribution < 1.29 is 5.11 Å². The van der Waals surface area contributed by atoms with Crippen molar-refractivity contribution in [1.82, 2.24) is 0 Å². The van der Waals surface area contributed by atoms with E-state index in [1.807, 2.05) is 6.07 Å². The van der Waals surface area contributed by atoms with Crippen molar-refractivity contribution in [2.45, 2.75) is 44.6 Å². The standard InChI is InChI=1S/C16H23Cl2NO/c1-10-2-4-11(5-3-10)16(20)14(9-19)13-7-6-12(17)8-15(13)18/h6-8,10-11,14,16,20H,2-5,9,19H2,1H3. The molecular formula is C16H23Cl2NO. The Labute approximate surface area is 131 Å². The molecule has 0 bridgehead atoms. The van der Waals surface area contributed by atoms with Crippen LogP contribution in [0.1, 0.15) is 44.1 Å². The number of halogens is 2. The highest BCUT2D eigenvalue weighted by Gasteiger charge is 2.31. The molecule has 1 aromatic carbocycles. The van der Waals surface area contributed by atoms with Gasteiger partial charge in [0.25, 0.3) is 0 Å². The molecule has 1 aliphatic carbocycles. The Kier molecular flexibility index (Phi) is 5.74. The van der Waals surface area contributed by atoms with E-state index in [-0.39, 0.29) is 5.92 Å². The van der Waals surface area contributed by atoms with Crippen LogP contribution in [0.4, 0.5) is 0 Å². The molecule has 0 saturated heterocycles. The molecule has 1 fully saturated rings. The predicted molar refractivity (Wildman–Crippen MR) is 85.4 cm³/mol. The van der Waals surface area contributed by atoms with E-state index in [0.717, 1.165) is 24.3 Å². The number of aliphatic hydroxyl groups excluding tert-OH is 1. The molecule has 0 amide bonds. The first-order valence-corrected chi connectivity index (χ1v) is 8.11. The van der Waals surface area contributed by atoms with E-state index in [1.54, 1.807) is 12.1 Å². The molecule has 0 aromatic heterocycles. The third-order valence-electron chi connectivity index (χ3n) is 4.57. The van der Waals surface area contributed by atoms with Gasteiger partial charge in [0.05, 0.1) is 6.10 Å². The highest BCUT2D eigenvalue weighted by atomic mass is 35.5. The number of aliphatic hydroxyl groups is 1. The van der Waals surface area contributed by atoms with Crippen LogP contribution >= 0.6 is 23.2 Å². The molecule has 0 spiro atoms. The van der Waals surface area contributed by atoms with Crippen molar-refractivity contribution in [3.63, 3.8) is 0 Å². The van der Waals surface area contributed by atoms with Crippen molar-refractivity contribution in [1.29, 1.82) is 0 Å². The zero-order valence-electron chi connectivity index (χ0n) is 11.9. The van der Waals surface area contributed by atoms with E-state index >= 15 is 0 Å². The molecule has 0 heterocycles. The van der Waals surface area contributed by atoms with E-state index in [0.29, 0.717) is 22.5 Å². The Morgan fingerprint density at radius 2 is 1.90 bits per heavy atom. The molecule has 0 radical (unpaired) electrons. The van der Waals surface area contributed by atoms with E-state index in [9.17, 15) is 5.11 Å². The number of hydrogen-bond donors (Lipinski definition) is 2. The summed E-state index contributed by atoms with van der Waals surface area (Å²) in [4.78, 5) is 0. The van der Waals surface area contributed by atoms with Crippen molar-refractivity contribution in [3.05, 3.63) is 33.8 Å². The molecule has 2 nitrogen and oxygen atoms in total. The van der Waals surface area contributed by atoms with Crippen LogP contribution in [0.2, 0.25) is 10.0 Å². The maximum absolute atomic E-state index is 10.7. The summed E-state index contributed by atoms with van der Waals surface area (Å²) >= 11 is 12.2. The Morgan fingerprint density at radius 3 is 2.45 bits per heavy atom. The quantitative estimate of drug-likeness (QED) is 0.873. The van der Waals surface area contributed by atoms with Crippen LogP contribution in [0.3, 0.4) is 0 Å². The highest BCUT2D eigenvalue weighted by Crippen LogP contribution is 2.37. The van der Waals surface area contributed by atoms with E-state index in [2.05, 4.69) is 6.92 Å². The van der Waals surface area contributed by atoms with Gasteiger partial charge >= 0.3 is 0 Å². The SMILES string of the molecule is CC1CCC(C(O)C(CN)c2ccc(Cl)cc2Cl)CC1. The van der Waals surface area contributed by atoms with Gasteiger partial charge in [-0.05, 0) is 42.4 Å². The lowest BCUT2D eigenvalue weighted by atomic mass is 9.75. The van der Waals surface area contributed by atoms with Gasteiger partial charge in [0.15, 0.2) is 0 Å². The number of rotatable bonds is 4. The van der Waals surface area contributed by atoms with Gasteiger partial charge in [-0.25, -0.2) is 0 Å². The molecule has 0 aliphatic heterocycles. The van der Waals surface area contributed by atoms with E-state index in [1.165, 1.54) is 12.8 Å². The van der Waals surface area contributed by atoms with Crippen molar-refractivity contribution in [2.24, 2.45) is 17.6 Å². The summed E-state index contributed by atoms with van der Waals surface area (Å²) in [5.41, 5.74) is 6.80. The van der Waals surface area contributed by atoms with Crippen molar-refractivity contribution in [3.8, 4) is 0 Å². The fourth-order valence-corrected chi connectivity index (χ4v) is 3.76. The first-order chi connectivity index (χ1) is 9.52. The lowest BCUT2D eigenvalue weighted by Gasteiger charge is -2.34. The largest absolute Gasteiger partial charge is 0.392 e. The number of benzene rings is 1. The summed E-state index contributed by atoms with van der Waals surface area (Å²) in [5.74, 6) is 0.985. The van der Waals surface area contributed by atoms with Gasteiger partial charge in [-0.3, -0.25) is 0 Å². The minimum absolute atomic E-state index is 0.113. The molecule has 2 unspecified atom stereocenters. The van der Waals surface area contributed by atoms with Crippen LogP contribution in [-0.2, 0) is 0 Å².